The Hall–Kier alpha value is -3.98. The van der Waals surface area contributed by atoms with Gasteiger partial charge in [0.1, 0.15) is 0 Å². The number of H-pyrrole nitrogens is 1. The molecule has 0 saturated carbocycles. The van der Waals surface area contributed by atoms with Gasteiger partial charge in [0.25, 0.3) is 0 Å². The number of fused-ring (bicyclic) bond motifs is 5. The molecule has 5 N–H and O–H groups in total. The Labute approximate surface area is 181 Å². The lowest BCUT2D eigenvalue weighted by atomic mass is 10.0. The number of hydrogen-bond acceptors (Lipinski definition) is 2. The number of aryl methyl sites for hydroxylation is 1. The third-order valence-corrected chi connectivity index (χ3v) is 5.83. The molecule has 0 fully saturated rings. The summed E-state index contributed by atoms with van der Waals surface area (Å²) in [6, 6.07) is 31.4. The molecule has 0 unspecified atom stereocenters. The van der Waals surface area contributed by atoms with Crippen LogP contribution in [-0.4, -0.2) is 4.98 Å². The molecule has 0 aliphatic heterocycles. The highest BCUT2D eigenvalue weighted by Crippen LogP contribution is 2.31. The highest BCUT2D eigenvalue weighted by atomic mass is 14.7. The van der Waals surface area contributed by atoms with Crippen LogP contribution in [0.2, 0.25) is 0 Å². The van der Waals surface area contributed by atoms with Crippen LogP contribution in [-0.2, 0) is 6.42 Å². The van der Waals surface area contributed by atoms with Gasteiger partial charge in [-0.05, 0) is 76.0 Å². The topological polar surface area (TPSA) is 67.8 Å². The smallest absolute Gasteiger partial charge is 0.0498 e. The lowest BCUT2D eigenvalue weighted by Gasteiger charge is -2.01. The minimum absolute atomic E-state index is 0.777. The van der Waals surface area contributed by atoms with Gasteiger partial charge in [-0.25, -0.2) is 0 Å². The molecular weight excluding hydrogens is 378 g/mol. The first-order chi connectivity index (χ1) is 15.1. The first-order valence-corrected chi connectivity index (χ1v) is 10.6. The van der Waals surface area contributed by atoms with Crippen molar-refractivity contribution < 1.29 is 0 Å². The van der Waals surface area contributed by atoms with Gasteiger partial charge in [0.15, 0.2) is 0 Å². The maximum absolute atomic E-state index is 5.94. The van der Waals surface area contributed by atoms with E-state index in [1.807, 2.05) is 30.3 Å². The predicted molar refractivity (Wildman–Crippen MR) is 135 cm³/mol. The Kier molecular flexibility index (Phi) is 4.72. The number of hydrogen-bond donors (Lipinski definition) is 3. The van der Waals surface area contributed by atoms with Crippen LogP contribution in [0.25, 0.3) is 43.4 Å². The van der Waals surface area contributed by atoms with E-state index in [-0.39, 0.29) is 0 Å². The molecule has 0 radical (unpaired) electrons. The van der Waals surface area contributed by atoms with E-state index >= 15 is 0 Å². The summed E-state index contributed by atoms with van der Waals surface area (Å²) >= 11 is 0. The fourth-order valence-corrected chi connectivity index (χ4v) is 4.28. The van der Waals surface area contributed by atoms with E-state index in [1.54, 1.807) is 0 Å². The standard InChI is InChI=1S/C14H15N3.C14H10/c1-2-8-5-10(16)7-12-11-6-9(15)3-4-13(11)17-14(8)12;1-2-6-12-10-14-8-4-3-7-13(14)9-11(12)5-1/h3-7,17H,2,15-16H2,1H3;1-10H. The first kappa shape index (κ1) is 19.0. The van der Waals surface area contributed by atoms with Crippen molar-refractivity contribution in [2.24, 2.45) is 0 Å². The van der Waals surface area contributed by atoms with Crippen LogP contribution < -0.4 is 11.5 Å². The fourth-order valence-electron chi connectivity index (χ4n) is 4.28. The third kappa shape index (κ3) is 3.55. The summed E-state index contributed by atoms with van der Waals surface area (Å²) in [4.78, 5) is 3.44. The Balaban J connectivity index is 0.000000134. The molecule has 3 heteroatoms. The van der Waals surface area contributed by atoms with Crippen LogP contribution in [0, 0.1) is 0 Å². The molecule has 0 bridgehead atoms. The molecule has 0 atom stereocenters. The molecule has 0 spiro atoms. The lowest BCUT2D eigenvalue weighted by Crippen LogP contribution is -1.89. The van der Waals surface area contributed by atoms with Gasteiger partial charge in [0.2, 0.25) is 0 Å². The van der Waals surface area contributed by atoms with Crippen LogP contribution in [0.4, 0.5) is 11.4 Å². The van der Waals surface area contributed by atoms with Crippen molar-refractivity contribution in [3.05, 3.63) is 96.6 Å². The van der Waals surface area contributed by atoms with Gasteiger partial charge in [-0.3, -0.25) is 0 Å². The molecule has 6 aromatic rings. The second-order valence-electron chi connectivity index (χ2n) is 7.93. The van der Waals surface area contributed by atoms with E-state index in [0.717, 1.165) is 34.1 Å². The van der Waals surface area contributed by atoms with Crippen LogP contribution in [0.1, 0.15) is 12.5 Å². The van der Waals surface area contributed by atoms with Gasteiger partial charge in [-0.2, -0.15) is 0 Å². The van der Waals surface area contributed by atoms with E-state index in [9.17, 15) is 0 Å². The minimum atomic E-state index is 0.777. The number of aromatic nitrogens is 1. The number of nitrogens with two attached hydrogens (primary N) is 2. The van der Waals surface area contributed by atoms with Gasteiger partial charge in [0, 0.05) is 33.2 Å². The molecule has 3 nitrogen and oxygen atoms in total. The van der Waals surface area contributed by atoms with Gasteiger partial charge >= 0.3 is 0 Å². The lowest BCUT2D eigenvalue weighted by molar-refractivity contribution is 1.15. The van der Waals surface area contributed by atoms with Crippen molar-refractivity contribution in [1.29, 1.82) is 0 Å². The molecule has 31 heavy (non-hydrogen) atoms. The summed E-state index contributed by atoms with van der Waals surface area (Å²) in [6.07, 6.45) is 0.962. The van der Waals surface area contributed by atoms with Crippen molar-refractivity contribution in [2.75, 3.05) is 11.5 Å². The van der Waals surface area contributed by atoms with Gasteiger partial charge in [0.05, 0.1) is 0 Å². The van der Waals surface area contributed by atoms with E-state index in [1.165, 1.54) is 32.6 Å². The molecule has 152 valence electrons. The molecule has 6 rings (SSSR count). The molecule has 0 saturated heterocycles. The normalized spacial score (nSPS) is 11.1. The second kappa shape index (κ2) is 7.69. The van der Waals surface area contributed by atoms with Crippen LogP contribution in [0.5, 0.6) is 0 Å². The third-order valence-electron chi connectivity index (χ3n) is 5.83. The molecular formula is C28H25N3. The number of rotatable bonds is 1. The molecule has 1 aromatic heterocycles. The first-order valence-electron chi connectivity index (χ1n) is 10.6. The van der Waals surface area contributed by atoms with Gasteiger partial charge in [-0.1, -0.05) is 55.5 Å². The van der Waals surface area contributed by atoms with Crippen molar-refractivity contribution in [3.8, 4) is 0 Å². The number of nitrogen functional groups attached to an aromatic ring is 2. The molecule has 0 amide bonds. The van der Waals surface area contributed by atoms with Gasteiger partial charge in [-0.15, -0.1) is 0 Å². The molecule has 0 aliphatic rings. The van der Waals surface area contributed by atoms with Crippen LogP contribution in [0.3, 0.4) is 0 Å². The van der Waals surface area contributed by atoms with Crippen LogP contribution >= 0.6 is 0 Å². The predicted octanol–water partition coefficient (Wildman–Crippen LogP) is 7.04. The average molecular weight is 404 g/mol. The van der Waals surface area contributed by atoms with E-state index in [0.29, 0.717) is 0 Å². The van der Waals surface area contributed by atoms with Crippen molar-refractivity contribution in [3.63, 3.8) is 0 Å². The minimum Gasteiger partial charge on any atom is -0.399 e. The van der Waals surface area contributed by atoms with E-state index < -0.39 is 0 Å². The second-order valence-corrected chi connectivity index (χ2v) is 7.93. The summed E-state index contributed by atoms with van der Waals surface area (Å²) in [6.45, 7) is 2.13. The maximum Gasteiger partial charge on any atom is 0.0498 e. The summed E-state index contributed by atoms with van der Waals surface area (Å²) in [5.41, 5.74) is 16.9. The molecule has 5 aromatic carbocycles. The quantitative estimate of drug-likeness (QED) is 0.203. The Morgan fingerprint density at radius 2 is 1.16 bits per heavy atom. The summed E-state index contributed by atoms with van der Waals surface area (Å²) < 4.78 is 0. The number of nitrogens with one attached hydrogen (secondary N) is 1. The maximum atomic E-state index is 5.94. The number of benzene rings is 5. The summed E-state index contributed by atoms with van der Waals surface area (Å²) in [7, 11) is 0. The number of aromatic amines is 1. The average Bonchev–Trinajstić information content (AvgIpc) is 3.15. The molecule has 1 heterocycles. The van der Waals surface area contributed by atoms with E-state index in [2.05, 4.69) is 72.6 Å². The summed E-state index contributed by atoms with van der Waals surface area (Å²) in [5, 5.41) is 7.54. The van der Waals surface area contributed by atoms with E-state index in [4.69, 9.17) is 11.5 Å². The zero-order valence-electron chi connectivity index (χ0n) is 17.5. The summed E-state index contributed by atoms with van der Waals surface area (Å²) in [5.74, 6) is 0. The Bertz CT molecular complexity index is 1440. The Morgan fingerprint density at radius 1 is 0.613 bits per heavy atom. The van der Waals surface area contributed by atoms with Crippen LogP contribution in [0.15, 0.2) is 91.0 Å². The monoisotopic (exact) mass is 403 g/mol. The highest BCUT2D eigenvalue weighted by molar-refractivity contribution is 6.10. The van der Waals surface area contributed by atoms with Crippen molar-refractivity contribution in [2.45, 2.75) is 13.3 Å². The largest absolute Gasteiger partial charge is 0.399 e. The Morgan fingerprint density at radius 3 is 1.71 bits per heavy atom. The van der Waals surface area contributed by atoms with Crippen molar-refractivity contribution in [1.82, 2.24) is 4.98 Å². The SMILES string of the molecule is CCc1cc(N)cc2c1[nH]c1ccc(N)cc12.c1ccc2cc3ccccc3cc2c1. The highest BCUT2D eigenvalue weighted by Gasteiger charge is 2.08. The molecule has 0 aliphatic carbocycles. The zero-order valence-corrected chi connectivity index (χ0v) is 17.5. The van der Waals surface area contributed by atoms with Crippen molar-refractivity contribution >= 4 is 54.7 Å². The number of anilines is 2. The van der Waals surface area contributed by atoms with Gasteiger partial charge < -0.3 is 16.5 Å². The zero-order chi connectivity index (χ0) is 21.4. The fraction of sp³-hybridized carbons (Fsp3) is 0.0714.